The van der Waals surface area contributed by atoms with Crippen molar-refractivity contribution in [2.24, 2.45) is 0 Å². The number of halogens is 3. The molecule has 0 fully saturated rings. The van der Waals surface area contributed by atoms with E-state index in [1.807, 2.05) is 6.07 Å². The molecule has 6 heteroatoms. The van der Waals surface area contributed by atoms with E-state index in [4.69, 9.17) is 0 Å². The zero-order valence-electron chi connectivity index (χ0n) is 10.6. The van der Waals surface area contributed by atoms with Crippen LogP contribution < -0.4 is 4.74 Å². The van der Waals surface area contributed by atoms with E-state index >= 15 is 0 Å². The highest BCUT2D eigenvalue weighted by atomic mass is 19.4. The van der Waals surface area contributed by atoms with E-state index in [0.717, 1.165) is 5.39 Å². The van der Waals surface area contributed by atoms with Crippen LogP contribution in [0, 0.1) is 0 Å². The van der Waals surface area contributed by atoms with Crippen LogP contribution in [0.5, 0.6) is 5.75 Å². The Kier molecular flexibility index (Phi) is 3.21. The Morgan fingerprint density at radius 2 is 1.86 bits per heavy atom. The number of pyridine rings is 2. The molecule has 21 heavy (non-hydrogen) atoms. The Bertz CT molecular complexity index is 782. The summed E-state index contributed by atoms with van der Waals surface area (Å²) < 4.78 is 40.8. The molecular weight excluding hydrogens is 281 g/mol. The van der Waals surface area contributed by atoms with Crippen molar-refractivity contribution in [3.05, 3.63) is 55.0 Å². The summed E-state index contributed by atoms with van der Waals surface area (Å²) in [4.78, 5) is 8.24. The van der Waals surface area contributed by atoms with E-state index in [9.17, 15) is 13.2 Å². The first-order valence-electron chi connectivity index (χ1n) is 6.08. The molecule has 0 saturated heterocycles. The summed E-state index contributed by atoms with van der Waals surface area (Å²) in [6.45, 7) is 0. The number of aromatic nitrogens is 2. The van der Waals surface area contributed by atoms with Gasteiger partial charge in [-0.2, -0.15) is 0 Å². The predicted molar refractivity (Wildman–Crippen MR) is 71.7 cm³/mol. The molecule has 2 heterocycles. The minimum Gasteiger partial charge on any atom is -0.406 e. The second-order valence-corrected chi connectivity index (χ2v) is 4.33. The summed E-state index contributed by atoms with van der Waals surface area (Å²) in [6.07, 6.45) is 0.125. The number of fused-ring (bicyclic) bond motifs is 1. The van der Waals surface area contributed by atoms with Crippen LogP contribution in [0.4, 0.5) is 13.2 Å². The van der Waals surface area contributed by atoms with Crippen molar-refractivity contribution in [2.45, 2.75) is 6.36 Å². The van der Waals surface area contributed by atoms with Gasteiger partial charge in [0, 0.05) is 23.3 Å². The SMILES string of the molecule is FC(F)(F)Oc1cccc(-c2cncc3ncccc23)c1. The number of benzene rings is 1. The minimum absolute atomic E-state index is 0.263. The van der Waals surface area contributed by atoms with Crippen LogP contribution in [0.3, 0.4) is 0 Å². The molecule has 0 unspecified atom stereocenters. The van der Waals surface area contributed by atoms with Crippen LogP contribution >= 0.6 is 0 Å². The van der Waals surface area contributed by atoms with Gasteiger partial charge in [-0.15, -0.1) is 13.2 Å². The van der Waals surface area contributed by atoms with Crippen LogP contribution in [0.1, 0.15) is 0 Å². The highest BCUT2D eigenvalue weighted by Gasteiger charge is 2.31. The van der Waals surface area contributed by atoms with E-state index in [0.29, 0.717) is 16.6 Å². The van der Waals surface area contributed by atoms with Gasteiger partial charge < -0.3 is 4.74 Å². The molecule has 3 aromatic rings. The Morgan fingerprint density at radius 1 is 1.00 bits per heavy atom. The fourth-order valence-electron chi connectivity index (χ4n) is 2.09. The van der Waals surface area contributed by atoms with Gasteiger partial charge in [0.05, 0.1) is 11.7 Å². The maximum atomic E-state index is 12.3. The van der Waals surface area contributed by atoms with Gasteiger partial charge in [0.2, 0.25) is 0 Å². The molecule has 106 valence electrons. The maximum absolute atomic E-state index is 12.3. The lowest BCUT2D eigenvalue weighted by Crippen LogP contribution is -2.17. The molecule has 0 aliphatic carbocycles. The van der Waals surface area contributed by atoms with Crippen molar-refractivity contribution in [2.75, 3.05) is 0 Å². The molecule has 0 spiro atoms. The first kappa shape index (κ1) is 13.4. The molecule has 2 aromatic heterocycles. The number of hydrogen-bond donors (Lipinski definition) is 0. The standard InChI is InChI=1S/C15H9F3N2O/c16-15(17,18)21-11-4-1-3-10(7-11)13-8-19-9-14-12(13)5-2-6-20-14/h1-9H. The molecule has 3 rings (SSSR count). The summed E-state index contributed by atoms with van der Waals surface area (Å²) in [6, 6.07) is 9.40. The first-order chi connectivity index (χ1) is 10.0. The van der Waals surface area contributed by atoms with Crippen LogP contribution in [0.25, 0.3) is 22.0 Å². The summed E-state index contributed by atoms with van der Waals surface area (Å²) in [5.41, 5.74) is 1.97. The average molecular weight is 290 g/mol. The van der Waals surface area contributed by atoms with Gasteiger partial charge in [-0.1, -0.05) is 18.2 Å². The molecule has 0 aliphatic heterocycles. The number of alkyl halides is 3. The summed E-state index contributed by atoms with van der Waals surface area (Å²) >= 11 is 0. The van der Waals surface area contributed by atoms with E-state index in [-0.39, 0.29) is 5.75 Å². The lowest BCUT2D eigenvalue weighted by atomic mass is 10.0. The van der Waals surface area contributed by atoms with Crippen LogP contribution in [0.2, 0.25) is 0 Å². The molecule has 0 bridgehead atoms. The van der Waals surface area contributed by atoms with Gasteiger partial charge in [0.15, 0.2) is 0 Å². The molecule has 0 atom stereocenters. The molecule has 1 aromatic carbocycles. The van der Waals surface area contributed by atoms with Gasteiger partial charge >= 0.3 is 6.36 Å². The normalized spacial score (nSPS) is 11.6. The Balaban J connectivity index is 2.09. The molecule has 3 nitrogen and oxygen atoms in total. The van der Waals surface area contributed by atoms with Crippen LogP contribution in [-0.4, -0.2) is 16.3 Å². The number of hydrogen-bond acceptors (Lipinski definition) is 3. The van der Waals surface area contributed by atoms with Crippen molar-refractivity contribution in [1.82, 2.24) is 9.97 Å². The van der Waals surface area contributed by atoms with Gasteiger partial charge in [0.1, 0.15) is 5.75 Å². The number of nitrogens with zero attached hydrogens (tertiary/aromatic N) is 2. The van der Waals surface area contributed by atoms with E-state index in [1.165, 1.54) is 18.2 Å². The van der Waals surface area contributed by atoms with Crippen molar-refractivity contribution >= 4 is 10.9 Å². The molecule has 0 radical (unpaired) electrons. The molecule has 0 saturated carbocycles. The number of ether oxygens (including phenoxy) is 1. The lowest BCUT2D eigenvalue weighted by Gasteiger charge is -2.11. The van der Waals surface area contributed by atoms with Crippen LogP contribution in [0.15, 0.2) is 55.0 Å². The minimum atomic E-state index is -4.71. The third kappa shape index (κ3) is 2.94. The lowest BCUT2D eigenvalue weighted by molar-refractivity contribution is -0.274. The van der Waals surface area contributed by atoms with Crippen molar-refractivity contribution in [1.29, 1.82) is 0 Å². The molecule has 0 aliphatic rings. The zero-order chi connectivity index (χ0) is 14.9. The third-order valence-corrected chi connectivity index (χ3v) is 2.91. The van der Waals surface area contributed by atoms with Gasteiger partial charge in [-0.3, -0.25) is 9.97 Å². The van der Waals surface area contributed by atoms with Crippen molar-refractivity contribution in [3.63, 3.8) is 0 Å². The van der Waals surface area contributed by atoms with E-state index < -0.39 is 6.36 Å². The topological polar surface area (TPSA) is 35.0 Å². The molecule has 0 N–H and O–H groups in total. The Labute approximate surface area is 118 Å². The van der Waals surface area contributed by atoms with Gasteiger partial charge in [-0.25, -0.2) is 0 Å². The Hall–Kier alpha value is -2.63. The monoisotopic (exact) mass is 290 g/mol. The maximum Gasteiger partial charge on any atom is 0.573 e. The van der Waals surface area contributed by atoms with Crippen molar-refractivity contribution < 1.29 is 17.9 Å². The zero-order valence-corrected chi connectivity index (χ0v) is 10.6. The third-order valence-electron chi connectivity index (χ3n) is 2.91. The number of rotatable bonds is 2. The average Bonchev–Trinajstić information content (AvgIpc) is 2.45. The smallest absolute Gasteiger partial charge is 0.406 e. The highest BCUT2D eigenvalue weighted by Crippen LogP contribution is 2.31. The summed E-state index contributed by atoms with van der Waals surface area (Å²) in [5, 5.41) is 0.816. The predicted octanol–water partition coefficient (Wildman–Crippen LogP) is 4.20. The fraction of sp³-hybridized carbons (Fsp3) is 0.0667. The Morgan fingerprint density at radius 3 is 2.67 bits per heavy atom. The fourth-order valence-corrected chi connectivity index (χ4v) is 2.09. The summed E-state index contributed by atoms with van der Waals surface area (Å²) in [5.74, 6) is -0.263. The van der Waals surface area contributed by atoms with Crippen molar-refractivity contribution in [3.8, 4) is 16.9 Å². The molecule has 0 amide bonds. The van der Waals surface area contributed by atoms with E-state index in [2.05, 4.69) is 14.7 Å². The quantitative estimate of drug-likeness (QED) is 0.709. The second kappa shape index (κ2) is 5.05. The molecular formula is C15H9F3N2O. The van der Waals surface area contributed by atoms with Gasteiger partial charge in [0.25, 0.3) is 0 Å². The largest absolute Gasteiger partial charge is 0.573 e. The first-order valence-corrected chi connectivity index (χ1v) is 6.08. The van der Waals surface area contributed by atoms with E-state index in [1.54, 1.807) is 30.7 Å². The van der Waals surface area contributed by atoms with Crippen LogP contribution in [-0.2, 0) is 0 Å². The highest BCUT2D eigenvalue weighted by molar-refractivity contribution is 5.93. The van der Waals surface area contributed by atoms with Gasteiger partial charge in [-0.05, 0) is 23.8 Å². The summed E-state index contributed by atoms with van der Waals surface area (Å²) in [7, 11) is 0. The second-order valence-electron chi connectivity index (χ2n) is 4.33.